The second kappa shape index (κ2) is 6.28. The van der Waals surface area contributed by atoms with Gasteiger partial charge in [0.15, 0.2) is 0 Å². The van der Waals surface area contributed by atoms with E-state index in [-0.39, 0.29) is 5.92 Å². The Morgan fingerprint density at radius 2 is 2.05 bits per heavy atom. The first kappa shape index (κ1) is 15.5. The van der Waals surface area contributed by atoms with Crippen LogP contribution in [0.3, 0.4) is 0 Å². The second-order valence-electron chi connectivity index (χ2n) is 6.82. The third-order valence-corrected chi connectivity index (χ3v) is 4.60. The quantitative estimate of drug-likeness (QED) is 0.830. The van der Waals surface area contributed by atoms with Crippen LogP contribution in [-0.2, 0) is 11.3 Å². The molecular weight excluding hydrogens is 270 g/mol. The Hall–Kier alpha value is -0.860. The average molecular weight is 294 g/mol. The number of hydrogen-bond acceptors (Lipinski definition) is 2. The maximum Gasteiger partial charge on any atom is 0.137 e. The van der Waals surface area contributed by atoms with E-state index in [1.165, 1.54) is 0 Å². The summed E-state index contributed by atoms with van der Waals surface area (Å²) in [7, 11) is 2.07. The summed E-state index contributed by atoms with van der Waals surface area (Å²) < 4.78 is 0. The van der Waals surface area contributed by atoms with Crippen LogP contribution in [0.2, 0.25) is 5.02 Å². The zero-order valence-electron chi connectivity index (χ0n) is 12.7. The molecule has 1 aromatic carbocycles. The lowest BCUT2D eigenvalue weighted by molar-refractivity contribution is -0.127. The lowest BCUT2D eigenvalue weighted by Gasteiger charge is -2.36. The number of carbonyl (C=O) groups excluding carboxylic acids is 1. The predicted octanol–water partition coefficient (Wildman–Crippen LogP) is 4.17. The van der Waals surface area contributed by atoms with Crippen molar-refractivity contribution in [2.45, 2.75) is 39.7 Å². The largest absolute Gasteiger partial charge is 0.301 e. The lowest BCUT2D eigenvalue weighted by Crippen LogP contribution is -2.37. The minimum Gasteiger partial charge on any atom is -0.301 e. The maximum absolute atomic E-state index is 12.1. The van der Waals surface area contributed by atoms with Gasteiger partial charge in [0.25, 0.3) is 0 Å². The summed E-state index contributed by atoms with van der Waals surface area (Å²) in [5.41, 5.74) is 1.42. The molecule has 0 aromatic heterocycles. The van der Waals surface area contributed by atoms with E-state index in [1.807, 2.05) is 24.3 Å². The first-order valence-corrected chi connectivity index (χ1v) is 7.70. The van der Waals surface area contributed by atoms with Crippen LogP contribution in [0.15, 0.2) is 24.3 Å². The van der Waals surface area contributed by atoms with E-state index in [2.05, 4.69) is 25.8 Å². The Kier molecular flexibility index (Phi) is 4.87. The van der Waals surface area contributed by atoms with E-state index in [0.29, 0.717) is 11.2 Å². The third-order valence-electron chi connectivity index (χ3n) is 4.23. The van der Waals surface area contributed by atoms with Crippen LogP contribution in [0.1, 0.15) is 38.7 Å². The smallest absolute Gasteiger partial charge is 0.137 e. The molecule has 1 aliphatic carbocycles. The van der Waals surface area contributed by atoms with Gasteiger partial charge < -0.3 is 4.90 Å². The molecular formula is C17H24ClNO. The Morgan fingerprint density at radius 3 is 2.75 bits per heavy atom. The van der Waals surface area contributed by atoms with Gasteiger partial charge in [-0.25, -0.2) is 0 Å². The van der Waals surface area contributed by atoms with Crippen molar-refractivity contribution in [3.63, 3.8) is 0 Å². The Bertz CT molecular complexity index is 484. The fraction of sp³-hybridized carbons (Fsp3) is 0.588. The van der Waals surface area contributed by atoms with Gasteiger partial charge in [0, 0.05) is 30.5 Å². The van der Waals surface area contributed by atoms with Crippen molar-refractivity contribution in [1.29, 1.82) is 0 Å². The highest BCUT2D eigenvalue weighted by atomic mass is 35.5. The summed E-state index contributed by atoms with van der Waals surface area (Å²) in [6, 6.07) is 7.91. The van der Waals surface area contributed by atoms with E-state index in [1.54, 1.807) is 0 Å². The molecule has 0 spiro atoms. The molecule has 1 fully saturated rings. The number of halogens is 1. The molecule has 2 rings (SSSR count). The van der Waals surface area contributed by atoms with Gasteiger partial charge in [-0.1, -0.05) is 43.6 Å². The molecule has 110 valence electrons. The van der Waals surface area contributed by atoms with E-state index in [4.69, 9.17) is 11.6 Å². The minimum atomic E-state index is 0.172. The number of ketones is 1. The predicted molar refractivity (Wildman–Crippen MR) is 83.9 cm³/mol. The van der Waals surface area contributed by atoms with Gasteiger partial charge in [0.2, 0.25) is 0 Å². The Morgan fingerprint density at radius 1 is 1.35 bits per heavy atom. The van der Waals surface area contributed by atoms with Crippen LogP contribution in [0.5, 0.6) is 0 Å². The topological polar surface area (TPSA) is 20.3 Å². The molecule has 1 unspecified atom stereocenters. The maximum atomic E-state index is 12.1. The van der Waals surface area contributed by atoms with Crippen molar-refractivity contribution >= 4 is 17.4 Å². The molecule has 0 heterocycles. The molecule has 0 amide bonds. The van der Waals surface area contributed by atoms with E-state index in [9.17, 15) is 4.79 Å². The monoisotopic (exact) mass is 293 g/mol. The fourth-order valence-corrected chi connectivity index (χ4v) is 3.27. The third kappa shape index (κ3) is 4.07. The molecule has 1 aliphatic rings. The van der Waals surface area contributed by atoms with Crippen molar-refractivity contribution < 1.29 is 4.79 Å². The molecule has 1 saturated carbocycles. The van der Waals surface area contributed by atoms with Crippen molar-refractivity contribution in [3.8, 4) is 0 Å². The molecule has 0 N–H and O–H groups in total. The number of rotatable bonds is 4. The highest BCUT2D eigenvalue weighted by Gasteiger charge is 2.33. The van der Waals surface area contributed by atoms with Crippen LogP contribution in [0, 0.1) is 11.3 Å². The number of nitrogens with zero attached hydrogens (tertiary/aromatic N) is 1. The van der Waals surface area contributed by atoms with Gasteiger partial charge in [0.05, 0.1) is 0 Å². The molecule has 20 heavy (non-hydrogen) atoms. The highest BCUT2D eigenvalue weighted by Crippen LogP contribution is 2.37. The van der Waals surface area contributed by atoms with Gasteiger partial charge in [-0.05, 0) is 36.9 Å². The summed E-state index contributed by atoms with van der Waals surface area (Å²) >= 11 is 6.19. The summed E-state index contributed by atoms with van der Waals surface area (Å²) in [4.78, 5) is 14.3. The normalized spacial score (nSPS) is 22.2. The fourth-order valence-electron chi connectivity index (χ4n) is 3.07. The zero-order valence-corrected chi connectivity index (χ0v) is 13.4. The van der Waals surface area contributed by atoms with Crippen molar-refractivity contribution in [2.75, 3.05) is 13.6 Å². The average Bonchev–Trinajstić information content (AvgIpc) is 2.36. The van der Waals surface area contributed by atoms with Gasteiger partial charge in [0.1, 0.15) is 5.78 Å². The first-order chi connectivity index (χ1) is 9.37. The lowest BCUT2D eigenvalue weighted by atomic mass is 9.71. The highest BCUT2D eigenvalue weighted by molar-refractivity contribution is 6.31. The van der Waals surface area contributed by atoms with Crippen molar-refractivity contribution in [1.82, 2.24) is 4.90 Å². The molecule has 0 aliphatic heterocycles. The van der Waals surface area contributed by atoms with Gasteiger partial charge in [-0.15, -0.1) is 0 Å². The van der Waals surface area contributed by atoms with Crippen LogP contribution in [-0.4, -0.2) is 24.3 Å². The van der Waals surface area contributed by atoms with Gasteiger partial charge >= 0.3 is 0 Å². The standard InChI is InChI=1S/C17H24ClNO/c1-17(2)9-8-16(20)14(10-17)12-19(3)11-13-6-4-5-7-15(13)18/h4-7,14H,8-12H2,1-3H3. The number of benzene rings is 1. The summed E-state index contributed by atoms with van der Waals surface area (Å²) in [5.74, 6) is 0.599. The van der Waals surface area contributed by atoms with Crippen LogP contribution in [0.25, 0.3) is 0 Å². The van der Waals surface area contributed by atoms with Crippen molar-refractivity contribution in [2.24, 2.45) is 11.3 Å². The van der Waals surface area contributed by atoms with Crippen LogP contribution < -0.4 is 0 Å². The molecule has 1 aromatic rings. The molecule has 0 bridgehead atoms. The molecule has 1 atom stereocenters. The summed E-state index contributed by atoms with van der Waals surface area (Å²) in [5, 5.41) is 0.801. The van der Waals surface area contributed by atoms with E-state index in [0.717, 1.165) is 42.9 Å². The van der Waals surface area contributed by atoms with Crippen LogP contribution in [0.4, 0.5) is 0 Å². The Balaban J connectivity index is 1.95. The van der Waals surface area contributed by atoms with Crippen molar-refractivity contribution in [3.05, 3.63) is 34.9 Å². The minimum absolute atomic E-state index is 0.172. The van der Waals surface area contributed by atoms with E-state index < -0.39 is 0 Å². The summed E-state index contributed by atoms with van der Waals surface area (Å²) in [6.45, 7) is 6.15. The SMILES string of the molecule is CN(Cc1ccccc1Cl)CC1CC(C)(C)CCC1=O. The number of Topliss-reactive ketones (excluding diaryl/α,β-unsaturated/α-hetero) is 1. The number of carbonyl (C=O) groups is 1. The molecule has 0 radical (unpaired) electrons. The zero-order chi connectivity index (χ0) is 14.8. The van der Waals surface area contributed by atoms with Gasteiger partial charge in [-0.3, -0.25) is 4.79 Å². The first-order valence-electron chi connectivity index (χ1n) is 7.32. The second-order valence-corrected chi connectivity index (χ2v) is 7.23. The Labute approximate surface area is 127 Å². The van der Waals surface area contributed by atoms with E-state index >= 15 is 0 Å². The summed E-state index contributed by atoms with van der Waals surface area (Å²) in [6.07, 6.45) is 2.76. The van der Waals surface area contributed by atoms with Gasteiger partial charge in [-0.2, -0.15) is 0 Å². The molecule has 0 saturated heterocycles. The van der Waals surface area contributed by atoms with Crippen LogP contribution >= 0.6 is 11.6 Å². The molecule has 2 nitrogen and oxygen atoms in total. The number of hydrogen-bond donors (Lipinski definition) is 0. The molecule has 3 heteroatoms.